The summed E-state index contributed by atoms with van der Waals surface area (Å²) < 4.78 is 32.7. The average Bonchev–Trinajstić information content (AvgIpc) is 2.79. The molecule has 0 saturated carbocycles. The molecule has 178 valence electrons. The predicted molar refractivity (Wildman–Crippen MR) is 125 cm³/mol. The summed E-state index contributed by atoms with van der Waals surface area (Å²) in [5.74, 6) is -0.746. The molecule has 2 N–H and O–H groups in total. The monoisotopic (exact) mass is 474 g/mol. The first-order chi connectivity index (χ1) is 15.7. The largest absolute Gasteiger partial charge is 0.494 e. The number of aliphatic carboxylic acids is 1. The smallest absolute Gasteiger partial charge is 0.307 e. The number of carbonyl (C=O) groups is 2. The number of rotatable bonds is 9. The molecule has 33 heavy (non-hydrogen) atoms. The van der Waals surface area contributed by atoms with Crippen LogP contribution in [0.1, 0.15) is 43.5 Å². The Morgan fingerprint density at radius 2 is 1.79 bits per heavy atom. The van der Waals surface area contributed by atoms with Gasteiger partial charge in [0.25, 0.3) is 5.91 Å². The van der Waals surface area contributed by atoms with Gasteiger partial charge in [-0.2, -0.15) is 4.31 Å². The highest BCUT2D eigenvalue weighted by Crippen LogP contribution is 2.25. The van der Waals surface area contributed by atoms with Gasteiger partial charge in [0.05, 0.1) is 17.4 Å². The van der Waals surface area contributed by atoms with Crippen LogP contribution in [0.4, 0.5) is 5.69 Å². The lowest BCUT2D eigenvalue weighted by molar-refractivity contribution is -0.142. The van der Waals surface area contributed by atoms with E-state index in [-0.39, 0.29) is 17.3 Å². The molecule has 2 aromatic carbocycles. The van der Waals surface area contributed by atoms with Gasteiger partial charge in [-0.3, -0.25) is 9.59 Å². The molecule has 0 spiro atoms. The van der Waals surface area contributed by atoms with Gasteiger partial charge in [0.2, 0.25) is 10.0 Å². The van der Waals surface area contributed by atoms with E-state index in [2.05, 4.69) is 19.2 Å². The molecule has 1 heterocycles. The molecular weight excluding hydrogens is 444 g/mol. The van der Waals surface area contributed by atoms with E-state index in [0.29, 0.717) is 48.9 Å². The third kappa shape index (κ3) is 6.55. The van der Waals surface area contributed by atoms with E-state index in [4.69, 9.17) is 4.74 Å². The number of amides is 1. The van der Waals surface area contributed by atoms with Crippen molar-refractivity contribution in [1.82, 2.24) is 4.31 Å². The fraction of sp³-hybridized carbons (Fsp3) is 0.417. The molecule has 3 rings (SSSR count). The van der Waals surface area contributed by atoms with Crippen molar-refractivity contribution >= 4 is 27.6 Å². The minimum Gasteiger partial charge on any atom is -0.494 e. The fourth-order valence-corrected chi connectivity index (χ4v) is 5.06. The lowest BCUT2D eigenvalue weighted by Gasteiger charge is -2.29. The maximum absolute atomic E-state index is 12.9. The third-order valence-corrected chi connectivity index (χ3v) is 7.44. The van der Waals surface area contributed by atoms with Crippen LogP contribution in [0.5, 0.6) is 5.75 Å². The van der Waals surface area contributed by atoms with Crippen LogP contribution >= 0.6 is 0 Å². The molecule has 0 aliphatic carbocycles. The summed E-state index contributed by atoms with van der Waals surface area (Å²) in [6, 6.07) is 12.7. The number of carboxylic acids is 1. The molecule has 0 bridgehead atoms. The maximum Gasteiger partial charge on any atom is 0.307 e. The summed E-state index contributed by atoms with van der Waals surface area (Å²) in [6.07, 6.45) is 1.93. The van der Waals surface area contributed by atoms with Gasteiger partial charge in [0.1, 0.15) is 5.75 Å². The van der Waals surface area contributed by atoms with Gasteiger partial charge in [0.15, 0.2) is 0 Å². The molecule has 1 amide bonds. The Hall–Kier alpha value is -2.91. The van der Waals surface area contributed by atoms with Gasteiger partial charge in [0, 0.05) is 24.3 Å². The number of ether oxygens (including phenoxy) is 1. The summed E-state index contributed by atoms with van der Waals surface area (Å²) in [6.45, 7) is 5.13. The van der Waals surface area contributed by atoms with Gasteiger partial charge in [-0.15, -0.1) is 0 Å². The minimum atomic E-state index is -3.80. The van der Waals surface area contributed by atoms with Crippen molar-refractivity contribution in [3.63, 3.8) is 0 Å². The van der Waals surface area contributed by atoms with Crippen LogP contribution in [0, 0.1) is 11.8 Å². The number of nitrogens with one attached hydrogen (secondary N) is 1. The first-order valence-electron chi connectivity index (χ1n) is 11.0. The lowest BCUT2D eigenvalue weighted by atomic mass is 10.0. The summed E-state index contributed by atoms with van der Waals surface area (Å²) in [4.78, 5) is 23.8. The van der Waals surface area contributed by atoms with Crippen molar-refractivity contribution in [2.75, 3.05) is 25.0 Å². The number of nitrogens with zero attached hydrogens (tertiary/aromatic N) is 1. The standard InChI is InChI=1S/C24H30N2O6S/c1-17(2)13-15-32-21-9-5-18(6-10-21)23(27)25-20-7-11-22(12-8-20)33(30,31)26-14-3-4-19(16-26)24(28)29/h5-12,17,19H,3-4,13-16H2,1-2H3,(H,25,27)(H,28,29)/t19-/m0/s1. The van der Waals surface area contributed by atoms with Crippen LogP contribution in [-0.4, -0.2) is 49.4 Å². The van der Waals surface area contributed by atoms with E-state index in [9.17, 15) is 23.1 Å². The molecule has 9 heteroatoms. The number of anilines is 1. The third-order valence-electron chi connectivity index (χ3n) is 5.56. The van der Waals surface area contributed by atoms with Crippen molar-refractivity contribution in [1.29, 1.82) is 0 Å². The van der Waals surface area contributed by atoms with Crippen molar-refractivity contribution in [2.45, 2.75) is 38.0 Å². The topological polar surface area (TPSA) is 113 Å². The van der Waals surface area contributed by atoms with E-state index < -0.39 is 21.9 Å². The Kier molecular flexibility index (Phi) is 8.10. The summed E-state index contributed by atoms with van der Waals surface area (Å²) in [7, 11) is -3.80. The van der Waals surface area contributed by atoms with Crippen LogP contribution in [-0.2, 0) is 14.8 Å². The normalized spacial score (nSPS) is 17.0. The molecule has 1 aliphatic rings. The van der Waals surface area contributed by atoms with E-state index in [0.717, 1.165) is 6.42 Å². The Balaban J connectivity index is 1.61. The molecular formula is C24H30N2O6S. The van der Waals surface area contributed by atoms with Crippen LogP contribution in [0.15, 0.2) is 53.4 Å². The van der Waals surface area contributed by atoms with E-state index in [1.165, 1.54) is 28.6 Å². The van der Waals surface area contributed by atoms with Crippen molar-refractivity contribution < 1.29 is 27.9 Å². The molecule has 1 atom stereocenters. The fourth-order valence-electron chi connectivity index (χ4n) is 3.54. The van der Waals surface area contributed by atoms with E-state index >= 15 is 0 Å². The van der Waals surface area contributed by atoms with Crippen LogP contribution in [0.25, 0.3) is 0 Å². The van der Waals surface area contributed by atoms with Crippen LogP contribution in [0.3, 0.4) is 0 Å². The van der Waals surface area contributed by atoms with Crippen molar-refractivity contribution in [2.24, 2.45) is 11.8 Å². The Morgan fingerprint density at radius 3 is 2.39 bits per heavy atom. The van der Waals surface area contributed by atoms with Crippen LogP contribution < -0.4 is 10.1 Å². The molecule has 0 radical (unpaired) electrons. The van der Waals surface area contributed by atoms with E-state index in [1.54, 1.807) is 24.3 Å². The number of carboxylic acid groups (broad SMARTS) is 1. The molecule has 1 aliphatic heterocycles. The van der Waals surface area contributed by atoms with Crippen LogP contribution in [0.2, 0.25) is 0 Å². The summed E-state index contributed by atoms with van der Waals surface area (Å²) in [5.41, 5.74) is 0.911. The Morgan fingerprint density at radius 1 is 1.12 bits per heavy atom. The van der Waals surface area contributed by atoms with Gasteiger partial charge < -0.3 is 15.2 Å². The zero-order valence-corrected chi connectivity index (χ0v) is 19.7. The first kappa shape index (κ1) is 24.7. The highest BCUT2D eigenvalue weighted by molar-refractivity contribution is 7.89. The van der Waals surface area contributed by atoms with Crippen molar-refractivity contribution in [3.05, 3.63) is 54.1 Å². The number of piperidine rings is 1. The Labute approximate surface area is 194 Å². The lowest BCUT2D eigenvalue weighted by Crippen LogP contribution is -2.42. The molecule has 1 saturated heterocycles. The van der Waals surface area contributed by atoms with Gasteiger partial charge in [-0.25, -0.2) is 8.42 Å². The summed E-state index contributed by atoms with van der Waals surface area (Å²) >= 11 is 0. The quantitative estimate of drug-likeness (QED) is 0.571. The number of sulfonamides is 1. The zero-order valence-electron chi connectivity index (χ0n) is 18.9. The molecule has 0 unspecified atom stereocenters. The first-order valence-corrected chi connectivity index (χ1v) is 12.5. The predicted octanol–water partition coefficient (Wildman–Crippen LogP) is 3.85. The summed E-state index contributed by atoms with van der Waals surface area (Å²) in [5, 5.41) is 12.0. The average molecular weight is 475 g/mol. The second-order valence-corrected chi connectivity index (χ2v) is 10.5. The molecule has 1 fully saturated rings. The second kappa shape index (κ2) is 10.8. The highest BCUT2D eigenvalue weighted by atomic mass is 32.2. The number of hydrogen-bond acceptors (Lipinski definition) is 5. The number of carbonyl (C=O) groups excluding carboxylic acids is 1. The Bertz CT molecular complexity index is 1070. The zero-order chi connectivity index (χ0) is 24.0. The number of hydrogen-bond donors (Lipinski definition) is 2. The van der Waals surface area contributed by atoms with Gasteiger partial charge in [-0.1, -0.05) is 13.8 Å². The van der Waals surface area contributed by atoms with E-state index in [1.807, 2.05) is 0 Å². The van der Waals surface area contributed by atoms with Gasteiger partial charge >= 0.3 is 5.97 Å². The second-order valence-electron chi connectivity index (χ2n) is 8.57. The van der Waals surface area contributed by atoms with Gasteiger partial charge in [-0.05, 0) is 73.7 Å². The molecule has 2 aromatic rings. The molecule has 0 aromatic heterocycles. The SMILES string of the molecule is CC(C)CCOc1ccc(C(=O)Nc2ccc(S(=O)(=O)N3CCC[C@H](C(=O)O)C3)cc2)cc1. The van der Waals surface area contributed by atoms with Crippen molar-refractivity contribution in [3.8, 4) is 5.75 Å². The molecule has 8 nitrogen and oxygen atoms in total. The maximum atomic E-state index is 12.9. The highest BCUT2D eigenvalue weighted by Gasteiger charge is 2.33. The minimum absolute atomic E-state index is 0.0344. The number of benzene rings is 2.